The topological polar surface area (TPSA) is 89.1 Å². The minimum Gasteiger partial charge on any atom is -0.481 e. The molecule has 4 aromatic heterocycles. The van der Waals surface area contributed by atoms with Crippen LogP contribution in [-0.4, -0.2) is 95.9 Å². The Balaban J connectivity index is 1.18. The number of fused-ring (bicyclic) bond motifs is 1. The highest BCUT2D eigenvalue weighted by atomic mass is 16.5. The molecule has 2 aliphatic rings. The third-order valence-corrected chi connectivity index (χ3v) is 8.14. The molecule has 10 nitrogen and oxygen atoms in total. The molecule has 0 radical (unpaired) electrons. The van der Waals surface area contributed by atoms with Gasteiger partial charge in [0.15, 0.2) is 0 Å². The van der Waals surface area contributed by atoms with Crippen LogP contribution in [-0.2, 0) is 6.54 Å². The second kappa shape index (κ2) is 11.1. The second-order valence-corrected chi connectivity index (χ2v) is 10.8. The van der Waals surface area contributed by atoms with Crippen LogP contribution in [0.1, 0.15) is 17.5 Å². The Labute approximate surface area is 235 Å². The average Bonchev–Trinajstić information content (AvgIpc) is 3.66. The highest BCUT2D eigenvalue weighted by molar-refractivity contribution is 5.86. The lowest BCUT2D eigenvalue weighted by Gasteiger charge is -2.35. The van der Waals surface area contributed by atoms with E-state index < -0.39 is 0 Å². The first-order valence-corrected chi connectivity index (χ1v) is 13.8. The maximum Gasteiger partial charge on any atom is 0.212 e. The van der Waals surface area contributed by atoms with E-state index in [1.54, 1.807) is 13.3 Å². The van der Waals surface area contributed by atoms with Gasteiger partial charge >= 0.3 is 0 Å². The number of pyridine rings is 3. The van der Waals surface area contributed by atoms with E-state index in [0.717, 1.165) is 80.4 Å². The van der Waals surface area contributed by atoms with E-state index in [1.165, 1.54) is 5.56 Å². The van der Waals surface area contributed by atoms with Gasteiger partial charge in [0.25, 0.3) is 0 Å². The first kappa shape index (κ1) is 26.0. The molecule has 206 valence electrons. The van der Waals surface area contributed by atoms with Crippen molar-refractivity contribution in [2.75, 3.05) is 70.3 Å². The Hall–Kier alpha value is -4.20. The molecule has 1 atom stereocenters. The molecule has 40 heavy (non-hydrogen) atoms. The number of likely N-dealkylation sites (N-methyl/N-ethyl adjacent to an activating group) is 1. The van der Waals surface area contributed by atoms with Crippen molar-refractivity contribution in [3.8, 4) is 23.1 Å². The summed E-state index contributed by atoms with van der Waals surface area (Å²) in [5, 5.41) is 14.3. The highest BCUT2D eigenvalue weighted by Gasteiger charge is 2.26. The molecule has 2 aliphatic heterocycles. The normalized spacial score (nSPS) is 18.0. The van der Waals surface area contributed by atoms with Gasteiger partial charge in [-0.15, -0.1) is 0 Å². The summed E-state index contributed by atoms with van der Waals surface area (Å²) in [5.74, 6) is 1.62. The van der Waals surface area contributed by atoms with Crippen LogP contribution in [0.15, 0.2) is 55.1 Å². The van der Waals surface area contributed by atoms with Crippen molar-refractivity contribution in [3.05, 3.63) is 66.2 Å². The van der Waals surface area contributed by atoms with Crippen LogP contribution in [0.4, 0.5) is 11.5 Å². The van der Waals surface area contributed by atoms with Crippen molar-refractivity contribution in [2.45, 2.75) is 19.0 Å². The summed E-state index contributed by atoms with van der Waals surface area (Å²) in [6, 6.07) is 13.2. The number of rotatable bonds is 7. The van der Waals surface area contributed by atoms with Crippen molar-refractivity contribution in [2.24, 2.45) is 0 Å². The number of aromatic nitrogens is 4. The maximum absolute atomic E-state index is 9.77. The Kier molecular flexibility index (Phi) is 7.24. The summed E-state index contributed by atoms with van der Waals surface area (Å²) in [4.78, 5) is 18.7. The quantitative estimate of drug-likeness (QED) is 0.353. The lowest BCUT2D eigenvalue weighted by Crippen LogP contribution is -2.46. The number of nitrogens with zero attached hydrogens (tertiary/aromatic N) is 9. The fraction of sp³-hybridized carbons (Fsp3) is 0.400. The van der Waals surface area contributed by atoms with Gasteiger partial charge in [-0.1, -0.05) is 6.07 Å². The number of anilines is 2. The van der Waals surface area contributed by atoms with Gasteiger partial charge in [0.05, 0.1) is 36.3 Å². The van der Waals surface area contributed by atoms with E-state index in [0.29, 0.717) is 17.5 Å². The van der Waals surface area contributed by atoms with Gasteiger partial charge in [0.1, 0.15) is 11.9 Å². The van der Waals surface area contributed by atoms with Crippen LogP contribution in [0.5, 0.6) is 5.88 Å². The van der Waals surface area contributed by atoms with Crippen molar-refractivity contribution < 1.29 is 4.74 Å². The zero-order chi connectivity index (χ0) is 27.6. The number of ether oxygens (including phenoxy) is 1. The molecule has 0 bridgehead atoms. The fourth-order valence-electron chi connectivity index (χ4n) is 5.73. The summed E-state index contributed by atoms with van der Waals surface area (Å²) in [6.45, 7) is 6.60. The van der Waals surface area contributed by atoms with Crippen molar-refractivity contribution in [3.63, 3.8) is 0 Å². The summed E-state index contributed by atoms with van der Waals surface area (Å²) in [6.07, 6.45) is 8.65. The zero-order valence-electron chi connectivity index (χ0n) is 23.4. The third-order valence-electron chi connectivity index (χ3n) is 8.14. The number of methoxy groups -OCH3 is 1. The lowest BCUT2D eigenvalue weighted by atomic mass is 10.0. The molecule has 1 unspecified atom stereocenters. The van der Waals surface area contributed by atoms with E-state index in [9.17, 15) is 5.26 Å². The largest absolute Gasteiger partial charge is 0.481 e. The van der Waals surface area contributed by atoms with Crippen LogP contribution >= 0.6 is 0 Å². The van der Waals surface area contributed by atoms with Gasteiger partial charge in [-0.2, -0.15) is 10.4 Å². The minimum atomic E-state index is 0.528. The van der Waals surface area contributed by atoms with E-state index in [4.69, 9.17) is 9.72 Å². The van der Waals surface area contributed by atoms with Gasteiger partial charge in [-0.25, -0.2) is 14.5 Å². The monoisotopic (exact) mass is 537 g/mol. The standard InChI is InChI=1S/C30H35N9O/c1-35(2)25-8-9-38(20-25)26-14-27(30-24(15-31)18-34-39(30)21-26)23-5-6-28(32-17-23)37-12-10-36(11-13-37)19-22-4-7-29(40-3)33-16-22/h4-7,14,16-18,21,25H,8-13,19-20H2,1-3H3. The minimum absolute atomic E-state index is 0.528. The Bertz CT molecular complexity index is 1500. The summed E-state index contributed by atoms with van der Waals surface area (Å²) >= 11 is 0. The van der Waals surface area contributed by atoms with Gasteiger partial charge in [0.2, 0.25) is 5.88 Å². The fourth-order valence-corrected chi connectivity index (χ4v) is 5.73. The van der Waals surface area contributed by atoms with E-state index in [-0.39, 0.29) is 0 Å². The molecule has 0 spiro atoms. The molecule has 2 saturated heterocycles. The summed E-state index contributed by atoms with van der Waals surface area (Å²) < 4.78 is 7.01. The molecule has 2 fully saturated rings. The van der Waals surface area contributed by atoms with Gasteiger partial charge in [0, 0.05) is 81.4 Å². The van der Waals surface area contributed by atoms with Crippen molar-refractivity contribution in [1.82, 2.24) is 29.4 Å². The first-order valence-electron chi connectivity index (χ1n) is 13.8. The molecular weight excluding hydrogens is 502 g/mol. The zero-order valence-corrected chi connectivity index (χ0v) is 23.4. The van der Waals surface area contributed by atoms with Crippen molar-refractivity contribution in [1.29, 1.82) is 5.26 Å². The Morgan fingerprint density at radius 1 is 1.00 bits per heavy atom. The number of hydrogen-bond donors (Lipinski definition) is 0. The molecule has 6 heterocycles. The van der Waals surface area contributed by atoms with E-state index in [2.05, 4.69) is 74.1 Å². The molecule has 0 aliphatic carbocycles. The Morgan fingerprint density at radius 2 is 1.85 bits per heavy atom. The smallest absolute Gasteiger partial charge is 0.212 e. The third kappa shape index (κ3) is 5.18. The molecule has 10 heteroatoms. The second-order valence-electron chi connectivity index (χ2n) is 10.8. The van der Waals surface area contributed by atoms with Gasteiger partial charge < -0.3 is 19.4 Å². The van der Waals surface area contributed by atoms with Gasteiger partial charge in [-0.05, 0) is 44.3 Å². The molecule has 0 N–H and O–H groups in total. The molecular formula is C30H35N9O. The van der Waals surface area contributed by atoms with Crippen LogP contribution < -0.4 is 14.5 Å². The predicted molar refractivity (Wildman–Crippen MR) is 156 cm³/mol. The van der Waals surface area contributed by atoms with Crippen LogP contribution in [0.3, 0.4) is 0 Å². The van der Waals surface area contributed by atoms with Gasteiger partial charge in [-0.3, -0.25) is 4.90 Å². The molecule has 0 saturated carbocycles. The summed E-state index contributed by atoms with van der Waals surface area (Å²) in [7, 11) is 5.91. The molecule has 4 aromatic rings. The molecule has 0 amide bonds. The lowest BCUT2D eigenvalue weighted by molar-refractivity contribution is 0.249. The SMILES string of the molecule is COc1ccc(CN2CCN(c3ccc(-c4cc(N5CCC(N(C)C)C5)cn5ncc(C#N)c45)cn3)CC2)cn1. The van der Waals surface area contributed by atoms with Crippen molar-refractivity contribution >= 4 is 17.0 Å². The highest BCUT2D eigenvalue weighted by Crippen LogP contribution is 2.33. The average molecular weight is 538 g/mol. The number of hydrogen-bond acceptors (Lipinski definition) is 9. The predicted octanol–water partition coefficient (Wildman–Crippen LogP) is 3.13. The summed E-state index contributed by atoms with van der Waals surface area (Å²) in [5.41, 5.74) is 5.67. The Morgan fingerprint density at radius 3 is 2.50 bits per heavy atom. The van der Waals surface area contributed by atoms with Crippen LogP contribution in [0, 0.1) is 11.3 Å². The first-order chi connectivity index (χ1) is 19.5. The molecule has 0 aromatic carbocycles. The molecule has 6 rings (SSSR count). The number of piperazine rings is 1. The van der Waals surface area contributed by atoms with Crippen LogP contribution in [0.25, 0.3) is 16.6 Å². The number of nitriles is 1. The van der Waals surface area contributed by atoms with Crippen LogP contribution in [0.2, 0.25) is 0 Å². The van der Waals surface area contributed by atoms with E-state index in [1.807, 2.05) is 29.2 Å². The van der Waals surface area contributed by atoms with E-state index >= 15 is 0 Å². The maximum atomic E-state index is 9.77.